The van der Waals surface area contributed by atoms with Crippen LogP contribution in [0.5, 0.6) is 0 Å². The Bertz CT molecular complexity index is 1080. The molecule has 134 valence electrons. The van der Waals surface area contributed by atoms with Crippen LogP contribution in [0, 0.1) is 0 Å². The van der Waals surface area contributed by atoms with E-state index in [4.69, 9.17) is 4.74 Å². The molecule has 2 aromatic carbocycles. The van der Waals surface area contributed by atoms with Crippen LogP contribution in [0.1, 0.15) is 17.4 Å². The van der Waals surface area contributed by atoms with Crippen LogP contribution in [-0.4, -0.2) is 27.3 Å². The molecule has 0 aliphatic heterocycles. The normalized spacial score (nSPS) is 10.7. The first-order valence-electron chi connectivity index (χ1n) is 8.69. The lowest BCUT2D eigenvalue weighted by atomic mass is 10.2. The Hall–Kier alpha value is -3.67. The predicted octanol–water partition coefficient (Wildman–Crippen LogP) is 4.34. The molecule has 0 saturated heterocycles. The molecule has 0 radical (unpaired) electrons. The zero-order valence-electron chi connectivity index (χ0n) is 14.8. The number of hydrogen-bond donors (Lipinski definition) is 1. The molecule has 0 aliphatic carbocycles. The lowest BCUT2D eigenvalue weighted by Crippen LogP contribution is -2.09. The van der Waals surface area contributed by atoms with E-state index in [1.54, 1.807) is 23.9 Å². The quantitative estimate of drug-likeness (QED) is 0.538. The van der Waals surface area contributed by atoms with Gasteiger partial charge in [-0.3, -0.25) is 0 Å². The topological polar surface area (TPSA) is 69.0 Å². The van der Waals surface area contributed by atoms with Crippen molar-refractivity contribution in [1.29, 1.82) is 0 Å². The fourth-order valence-corrected chi connectivity index (χ4v) is 2.86. The smallest absolute Gasteiger partial charge is 0.357 e. The number of rotatable bonds is 5. The summed E-state index contributed by atoms with van der Waals surface area (Å²) >= 11 is 0. The van der Waals surface area contributed by atoms with Gasteiger partial charge in [0.15, 0.2) is 5.69 Å². The number of ether oxygens (including phenoxy) is 1. The Morgan fingerprint density at radius 1 is 1.07 bits per heavy atom. The highest BCUT2D eigenvalue weighted by Crippen LogP contribution is 2.27. The molecule has 6 heteroatoms. The van der Waals surface area contributed by atoms with Gasteiger partial charge in [0, 0.05) is 5.69 Å². The summed E-state index contributed by atoms with van der Waals surface area (Å²) in [5, 5.41) is 8.59. The number of fused-ring (bicyclic) bond motifs is 1. The first kappa shape index (κ1) is 16.8. The Balaban J connectivity index is 1.88. The minimum Gasteiger partial charge on any atom is -0.461 e. The van der Waals surface area contributed by atoms with Gasteiger partial charge in [0.25, 0.3) is 0 Å². The molecule has 0 spiro atoms. The van der Waals surface area contributed by atoms with E-state index in [1.165, 1.54) is 0 Å². The molecule has 0 amide bonds. The van der Waals surface area contributed by atoms with Gasteiger partial charge in [-0.2, -0.15) is 5.10 Å². The number of carbonyl (C=O) groups excluding carboxylic acids is 1. The molecule has 0 aliphatic rings. The molecular formula is C21H18N4O2. The van der Waals surface area contributed by atoms with Crippen molar-refractivity contribution in [3.63, 3.8) is 0 Å². The van der Waals surface area contributed by atoms with E-state index in [0.717, 1.165) is 22.3 Å². The first-order chi connectivity index (χ1) is 13.3. The van der Waals surface area contributed by atoms with Crippen molar-refractivity contribution in [3.8, 4) is 5.69 Å². The lowest BCUT2D eigenvalue weighted by Gasteiger charge is -2.10. The number of hydrogen-bond acceptors (Lipinski definition) is 5. The van der Waals surface area contributed by atoms with Crippen LogP contribution in [-0.2, 0) is 4.74 Å². The van der Waals surface area contributed by atoms with Crippen LogP contribution in [0.3, 0.4) is 0 Å². The third-order valence-corrected chi connectivity index (χ3v) is 4.09. The average molecular weight is 358 g/mol. The molecule has 1 N–H and O–H groups in total. The zero-order valence-corrected chi connectivity index (χ0v) is 14.8. The van der Waals surface area contributed by atoms with Crippen LogP contribution in [0.2, 0.25) is 0 Å². The van der Waals surface area contributed by atoms with Crippen molar-refractivity contribution < 1.29 is 9.53 Å². The number of esters is 1. The fourth-order valence-electron chi connectivity index (χ4n) is 2.86. The van der Waals surface area contributed by atoms with Gasteiger partial charge < -0.3 is 10.1 Å². The number of para-hydroxylation sites is 2. The largest absolute Gasteiger partial charge is 0.461 e. The summed E-state index contributed by atoms with van der Waals surface area (Å²) in [6.45, 7) is 2.06. The molecule has 0 saturated carbocycles. The van der Waals surface area contributed by atoms with Gasteiger partial charge in [0.1, 0.15) is 5.82 Å². The summed E-state index contributed by atoms with van der Waals surface area (Å²) in [5.41, 5.74) is 2.79. The number of nitrogens with zero attached hydrogens (tertiary/aromatic N) is 3. The molecule has 2 aromatic heterocycles. The first-order valence-corrected chi connectivity index (χ1v) is 8.69. The van der Waals surface area contributed by atoms with Crippen LogP contribution >= 0.6 is 0 Å². The lowest BCUT2D eigenvalue weighted by molar-refractivity contribution is 0.0520. The van der Waals surface area contributed by atoms with Gasteiger partial charge in [-0.1, -0.05) is 36.4 Å². The second kappa shape index (κ2) is 7.29. The Labute approximate surface area is 156 Å². The van der Waals surface area contributed by atoms with Crippen molar-refractivity contribution in [1.82, 2.24) is 14.8 Å². The second-order valence-corrected chi connectivity index (χ2v) is 5.89. The Morgan fingerprint density at radius 3 is 2.48 bits per heavy atom. The highest BCUT2D eigenvalue weighted by atomic mass is 16.5. The standard InChI is InChI=1S/C21H18N4O2/c1-2-27-21(26)18-13-19-17(14-22-25(19)16-11-7-4-8-12-16)20(24-18)23-15-9-5-3-6-10-15/h3-14H,2H2,1H3,(H,23,24). The monoisotopic (exact) mass is 358 g/mol. The molecule has 0 bridgehead atoms. The highest BCUT2D eigenvalue weighted by molar-refractivity contribution is 5.98. The Morgan fingerprint density at radius 2 is 1.78 bits per heavy atom. The van der Waals surface area contributed by atoms with Gasteiger partial charge in [-0.25, -0.2) is 14.5 Å². The second-order valence-electron chi connectivity index (χ2n) is 5.89. The summed E-state index contributed by atoms with van der Waals surface area (Å²) in [5.74, 6) is 0.0975. The number of carbonyl (C=O) groups is 1. The SMILES string of the molecule is CCOC(=O)c1cc2c(cnn2-c2ccccc2)c(Nc2ccccc2)n1. The molecule has 0 fully saturated rings. The van der Waals surface area contributed by atoms with Crippen molar-refractivity contribution in [3.05, 3.63) is 78.6 Å². The highest BCUT2D eigenvalue weighted by Gasteiger charge is 2.17. The van der Waals surface area contributed by atoms with E-state index >= 15 is 0 Å². The Kier molecular flexibility index (Phi) is 4.53. The van der Waals surface area contributed by atoms with E-state index in [9.17, 15) is 4.79 Å². The maximum Gasteiger partial charge on any atom is 0.357 e. The summed E-state index contributed by atoms with van der Waals surface area (Å²) < 4.78 is 6.93. The van der Waals surface area contributed by atoms with Crippen molar-refractivity contribution in [2.24, 2.45) is 0 Å². The summed E-state index contributed by atoms with van der Waals surface area (Å²) in [6, 6.07) is 21.1. The molecule has 4 rings (SSSR count). The number of pyridine rings is 1. The third kappa shape index (κ3) is 3.37. The third-order valence-electron chi connectivity index (χ3n) is 4.09. The van der Waals surface area contributed by atoms with Crippen molar-refractivity contribution in [2.45, 2.75) is 6.92 Å². The molecule has 27 heavy (non-hydrogen) atoms. The number of benzene rings is 2. The van der Waals surface area contributed by atoms with Gasteiger partial charge >= 0.3 is 5.97 Å². The van der Waals surface area contributed by atoms with Crippen LogP contribution in [0.15, 0.2) is 72.9 Å². The van der Waals surface area contributed by atoms with E-state index < -0.39 is 5.97 Å². The molecule has 0 unspecified atom stereocenters. The zero-order chi connectivity index (χ0) is 18.6. The van der Waals surface area contributed by atoms with Crippen molar-refractivity contribution in [2.75, 3.05) is 11.9 Å². The number of nitrogens with one attached hydrogen (secondary N) is 1. The van der Waals surface area contributed by atoms with Gasteiger partial charge in [0.05, 0.1) is 29.4 Å². The van der Waals surface area contributed by atoms with Crippen LogP contribution < -0.4 is 5.32 Å². The average Bonchev–Trinajstić information content (AvgIpc) is 3.14. The molecular weight excluding hydrogens is 340 g/mol. The van der Waals surface area contributed by atoms with Crippen molar-refractivity contribution >= 4 is 28.4 Å². The minimum atomic E-state index is -0.462. The van der Waals surface area contributed by atoms with E-state index in [-0.39, 0.29) is 12.3 Å². The van der Waals surface area contributed by atoms with Gasteiger partial charge in [0.2, 0.25) is 0 Å². The van der Waals surface area contributed by atoms with Gasteiger partial charge in [-0.05, 0) is 37.3 Å². The van der Waals surface area contributed by atoms with Crippen LogP contribution in [0.4, 0.5) is 11.5 Å². The molecule has 2 heterocycles. The molecule has 0 atom stereocenters. The van der Waals surface area contributed by atoms with E-state index in [0.29, 0.717) is 5.82 Å². The summed E-state index contributed by atoms with van der Waals surface area (Å²) in [6.07, 6.45) is 1.75. The molecule has 4 aromatic rings. The van der Waals surface area contributed by atoms with Gasteiger partial charge in [-0.15, -0.1) is 0 Å². The molecule has 6 nitrogen and oxygen atoms in total. The van der Waals surface area contributed by atoms with E-state index in [1.807, 2.05) is 60.7 Å². The maximum atomic E-state index is 12.3. The predicted molar refractivity (Wildman–Crippen MR) is 105 cm³/mol. The summed E-state index contributed by atoms with van der Waals surface area (Å²) in [7, 11) is 0. The number of aromatic nitrogens is 3. The fraction of sp³-hybridized carbons (Fsp3) is 0.0952. The summed E-state index contributed by atoms with van der Waals surface area (Å²) in [4.78, 5) is 16.8. The van der Waals surface area contributed by atoms with E-state index in [2.05, 4.69) is 15.4 Å². The minimum absolute atomic E-state index is 0.237. The number of anilines is 2. The van der Waals surface area contributed by atoms with Crippen LogP contribution in [0.25, 0.3) is 16.6 Å². The maximum absolute atomic E-state index is 12.3.